The van der Waals surface area contributed by atoms with Gasteiger partial charge in [0.05, 0.1) is 6.61 Å². The van der Waals surface area contributed by atoms with Crippen molar-refractivity contribution in [1.82, 2.24) is 0 Å². The average molecular weight is 369 g/mol. The van der Waals surface area contributed by atoms with Gasteiger partial charge in [0.25, 0.3) is 0 Å². The van der Waals surface area contributed by atoms with Crippen molar-refractivity contribution in [3.63, 3.8) is 0 Å². The lowest BCUT2D eigenvalue weighted by Crippen LogP contribution is -2.00. The van der Waals surface area contributed by atoms with E-state index in [2.05, 4.69) is 56.3 Å². The molecule has 0 saturated carbocycles. The van der Waals surface area contributed by atoms with E-state index in [0.29, 0.717) is 0 Å². The summed E-state index contributed by atoms with van der Waals surface area (Å²) in [5, 5.41) is 0. The van der Waals surface area contributed by atoms with Gasteiger partial charge in [0.15, 0.2) is 0 Å². The number of hydrogen-bond donors (Lipinski definition) is 0. The molecular formula is C26H40O. The number of rotatable bonds is 14. The Labute approximate surface area is 167 Å². The van der Waals surface area contributed by atoms with Crippen LogP contribution in [0.4, 0.5) is 0 Å². The standard InChI is InChI=1S/C26H40O/c1-3-5-7-8-9-10-11-12-13-23-14-16-24(17-15-23)25-18-20-26(21-19-25)27-22-6-4-2/h14,16-21,23H,3-13,15,22H2,1-2H3. The van der Waals surface area contributed by atoms with Crippen molar-refractivity contribution in [3.8, 4) is 5.75 Å². The molecule has 1 atom stereocenters. The van der Waals surface area contributed by atoms with Crippen LogP contribution in [-0.4, -0.2) is 6.61 Å². The monoisotopic (exact) mass is 368 g/mol. The molecule has 0 fully saturated rings. The quantitative estimate of drug-likeness (QED) is 0.300. The molecule has 0 aliphatic heterocycles. The zero-order valence-corrected chi connectivity index (χ0v) is 17.7. The highest BCUT2D eigenvalue weighted by Gasteiger charge is 2.10. The molecule has 1 aliphatic carbocycles. The van der Waals surface area contributed by atoms with E-state index in [0.717, 1.165) is 24.7 Å². The molecule has 1 aromatic carbocycles. The largest absolute Gasteiger partial charge is 0.494 e. The molecule has 0 spiro atoms. The van der Waals surface area contributed by atoms with Crippen LogP contribution in [0.1, 0.15) is 96.5 Å². The molecule has 1 nitrogen and oxygen atoms in total. The fraction of sp³-hybridized carbons (Fsp3) is 0.615. The maximum atomic E-state index is 5.76. The summed E-state index contributed by atoms with van der Waals surface area (Å²) in [5.74, 6) is 1.73. The van der Waals surface area contributed by atoms with Crippen molar-refractivity contribution in [2.75, 3.05) is 6.61 Å². The molecule has 1 heteroatoms. The highest BCUT2D eigenvalue weighted by atomic mass is 16.5. The molecule has 0 heterocycles. The smallest absolute Gasteiger partial charge is 0.119 e. The third-order valence-electron chi connectivity index (χ3n) is 5.57. The summed E-state index contributed by atoms with van der Waals surface area (Å²) >= 11 is 0. The molecule has 27 heavy (non-hydrogen) atoms. The summed E-state index contributed by atoms with van der Waals surface area (Å²) in [6, 6.07) is 8.59. The zero-order valence-electron chi connectivity index (χ0n) is 17.7. The van der Waals surface area contributed by atoms with Crippen molar-refractivity contribution in [3.05, 3.63) is 48.1 Å². The minimum absolute atomic E-state index is 0.741. The first-order valence-electron chi connectivity index (χ1n) is 11.4. The molecule has 1 aromatic rings. The van der Waals surface area contributed by atoms with Gasteiger partial charge >= 0.3 is 0 Å². The van der Waals surface area contributed by atoms with Crippen LogP contribution < -0.4 is 4.74 Å². The first kappa shape index (κ1) is 21.8. The molecule has 0 radical (unpaired) electrons. The van der Waals surface area contributed by atoms with E-state index >= 15 is 0 Å². The summed E-state index contributed by atoms with van der Waals surface area (Å²) < 4.78 is 5.76. The van der Waals surface area contributed by atoms with Gasteiger partial charge in [-0.3, -0.25) is 0 Å². The predicted molar refractivity (Wildman–Crippen MR) is 119 cm³/mol. The maximum absolute atomic E-state index is 5.76. The predicted octanol–water partition coefficient (Wildman–Crippen LogP) is 8.36. The molecular weight excluding hydrogens is 328 g/mol. The van der Waals surface area contributed by atoms with Crippen LogP contribution in [0.2, 0.25) is 0 Å². The SMILES string of the molecule is CCCCCCCCCCC1C=CC(c2ccc(OCCCC)cc2)=CC1. The van der Waals surface area contributed by atoms with Gasteiger partial charge in [-0.2, -0.15) is 0 Å². The number of allylic oxidation sites excluding steroid dienone is 4. The first-order valence-corrected chi connectivity index (χ1v) is 11.4. The Morgan fingerprint density at radius 3 is 2.11 bits per heavy atom. The molecule has 1 aliphatic rings. The second kappa shape index (κ2) is 13.6. The highest BCUT2D eigenvalue weighted by Crippen LogP contribution is 2.28. The van der Waals surface area contributed by atoms with Gasteiger partial charge in [-0.25, -0.2) is 0 Å². The molecule has 0 bridgehead atoms. The number of benzene rings is 1. The maximum Gasteiger partial charge on any atom is 0.119 e. The first-order chi connectivity index (χ1) is 13.3. The second-order valence-corrected chi connectivity index (χ2v) is 8.00. The van der Waals surface area contributed by atoms with Crippen LogP contribution in [0.3, 0.4) is 0 Å². The van der Waals surface area contributed by atoms with Crippen molar-refractivity contribution in [2.24, 2.45) is 5.92 Å². The van der Waals surface area contributed by atoms with Crippen molar-refractivity contribution >= 4 is 5.57 Å². The van der Waals surface area contributed by atoms with Gasteiger partial charge in [-0.1, -0.05) is 102 Å². The van der Waals surface area contributed by atoms with Crippen LogP contribution in [-0.2, 0) is 0 Å². The fourth-order valence-corrected chi connectivity index (χ4v) is 3.71. The van der Waals surface area contributed by atoms with Crippen molar-refractivity contribution < 1.29 is 4.74 Å². The number of hydrogen-bond acceptors (Lipinski definition) is 1. The summed E-state index contributed by atoms with van der Waals surface area (Å²) in [6.45, 7) is 5.30. The lowest BCUT2D eigenvalue weighted by atomic mass is 9.89. The second-order valence-electron chi connectivity index (χ2n) is 8.00. The minimum Gasteiger partial charge on any atom is -0.494 e. The zero-order chi connectivity index (χ0) is 19.2. The fourth-order valence-electron chi connectivity index (χ4n) is 3.71. The average Bonchev–Trinajstić information content (AvgIpc) is 2.71. The van der Waals surface area contributed by atoms with Crippen LogP contribution in [0.25, 0.3) is 5.57 Å². The molecule has 0 aromatic heterocycles. The Bertz CT molecular complexity index is 552. The summed E-state index contributed by atoms with van der Waals surface area (Å²) in [5.41, 5.74) is 2.67. The molecule has 0 amide bonds. The Morgan fingerprint density at radius 2 is 1.48 bits per heavy atom. The summed E-state index contributed by atoms with van der Waals surface area (Å²) in [7, 11) is 0. The van der Waals surface area contributed by atoms with E-state index in [1.54, 1.807) is 0 Å². The van der Waals surface area contributed by atoms with Gasteiger partial charge in [0.2, 0.25) is 0 Å². The van der Waals surface area contributed by atoms with Crippen LogP contribution in [0.15, 0.2) is 42.5 Å². The topological polar surface area (TPSA) is 9.23 Å². The number of ether oxygens (including phenoxy) is 1. The summed E-state index contributed by atoms with van der Waals surface area (Å²) in [6.07, 6.45) is 23.3. The third-order valence-corrected chi connectivity index (χ3v) is 5.57. The van der Waals surface area contributed by atoms with Gasteiger partial charge < -0.3 is 4.74 Å². The van der Waals surface area contributed by atoms with Gasteiger partial charge in [0, 0.05) is 0 Å². The number of unbranched alkanes of at least 4 members (excludes halogenated alkanes) is 8. The van der Waals surface area contributed by atoms with E-state index in [1.807, 2.05) is 0 Å². The van der Waals surface area contributed by atoms with E-state index in [-0.39, 0.29) is 0 Å². The minimum atomic E-state index is 0.741. The van der Waals surface area contributed by atoms with Gasteiger partial charge in [-0.15, -0.1) is 0 Å². The highest BCUT2D eigenvalue weighted by molar-refractivity contribution is 5.75. The third kappa shape index (κ3) is 8.82. The molecule has 2 rings (SSSR count). The van der Waals surface area contributed by atoms with Crippen LogP contribution >= 0.6 is 0 Å². The van der Waals surface area contributed by atoms with E-state index in [1.165, 1.54) is 81.8 Å². The lowest BCUT2D eigenvalue weighted by Gasteiger charge is -2.16. The Kier molecular flexibility index (Phi) is 11.0. The summed E-state index contributed by atoms with van der Waals surface area (Å²) in [4.78, 5) is 0. The molecule has 150 valence electrons. The molecule has 1 unspecified atom stereocenters. The van der Waals surface area contributed by atoms with Gasteiger partial charge in [0.1, 0.15) is 5.75 Å². The van der Waals surface area contributed by atoms with Gasteiger partial charge in [-0.05, 0) is 48.4 Å². The van der Waals surface area contributed by atoms with E-state index in [4.69, 9.17) is 4.74 Å². The lowest BCUT2D eigenvalue weighted by molar-refractivity contribution is 0.309. The molecule has 0 N–H and O–H groups in total. The Morgan fingerprint density at radius 1 is 0.815 bits per heavy atom. The Hall–Kier alpha value is -1.50. The van der Waals surface area contributed by atoms with Crippen LogP contribution in [0.5, 0.6) is 5.75 Å². The van der Waals surface area contributed by atoms with E-state index in [9.17, 15) is 0 Å². The molecule has 0 saturated heterocycles. The normalized spacial score (nSPS) is 16.4. The van der Waals surface area contributed by atoms with Crippen molar-refractivity contribution in [1.29, 1.82) is 0 Å². The Balaban J connectivity index is 1.62. The van der Waals surface area contributed by atoms with Crippen LogP contribution in [0, 0.1) is 5.92 Å². The van der Waals surface area contributed by atoms with Crippen molar-refractivity contribution in [2.45, 2.75) is 90.9 Å². The van der Waals surface area contributed by atoms with E-state index < -0.39 is 0 Å².